The van der Waals surface area contributed by atoms with Crippen molar-refractivity contribution in [3.63, 3.8) is 0 Å². The fraction of sp³-hybridized carbons (Fsp3) is 0.338. The van der Waals surface area contributed by atoms with Gasteiger partial charge in [-0.15, -0.1) is 0 Å². The van der Waals surface area contributed by atoms with Gasteiger partial charge in [0.1, 0.15) is 34.8 Å². The van der Waals surface area contributed by atoms with E-state index in [0.29, 0.717) is 16.7 Å². The molecule has 1 aromatic heterocycles. The van der Waals surface area contributed by atoms with Crippen molar-refractivity contribution in [3.8, 4) is 23.0 Å². The second-order valence-electron chi connectivity index (χ2n) is 22.8. The summed E-state index contributed by atoms with van der Waals surface area (Å²) in [7, 11) is 3.98. The number of carbonyl (C=O) groups is 12. The molecule has 0 radical (unpaired) electrons. The number of guanidine groups is 1. The van der Waals surface area contributed by atoms with Gasteiger partial charge in [0.25, 0.3) is 23.6 Å². The maximum atomic E-state index is 14.6. The number of hydrogen-bond acceptors (Lipinski definition) is 17. The lowest BCUT2D eigenvalue weighted by atomic mass is 9.96. The van der Waals surface area contributed by atoms with Crippen molar-refractivity contribution in [1.29, 1.82) is 5.41 Å². The number of hydrogen-bond donors (Lipinski definition) is 14. The molecular formula is C68H81N13O17. The van der Waals surface area contributed by atoms with Crippen LogP contribution in [0.2, 0.25) is 0 Å². The lowest BCUT2D eigenvalue weighted by molar-refractivity contribution is -0.139. The number of methoxy groups -OCH3 is 3. The zero-order chi connectivity index (χ0) is 71.6. The van der Waals surface area contributed by atoms with E-state index >= 15 is 0 Å². The number of ether oxygens (including phenoxy) is 4. The minimum absolute atomic E-state index is 0.0209. The quantitative estimate of drug-likeness (QED) is 0.0149. The topological polar surface area (TPSA) is 490 Å². The van der Waals surface area contributed by atoms with Gasteiger partial charge in [-0.3, -0.25) is 48.6 Å². The lowest BCUT2D eigenvalue weighted by Crippen LogP contribution is -2.46. The number of para-hydroxylation sites is 1. The maximum Gasteiger partial charge on any atom is 0.341 e. The van der Waals surface area contributed by atoms with Crippen molar-refractivity contribution in [2.75, 3.05) is 47.6 Å². The summed E-state index contributed by atoms with van der Waals surface area (Å²) < 4.78 is 22.0. The largest absolute Gasteiger partial charge is 0.496 e. The number of carboxylic acid groups (broad SMARTS) is 1. The molecule has 6 aromatic rings. The molecule has 9 amide bonds. The summed E-state index contributed by atoms with van der Waals surface area (Å²) in [6, 6.07) is 17.9. The van der Waals surface area contributed by atoms with E-state index in [1.54, 1.807) is 12.3 Å². The average Bonchev–Trinajstić information content (AvgIpc) is 1.87. The summed E-state index contributed by atoms with van der Waals surface area (Å²) in [5.74, 6) is -7.58. The highest BCUT2D eigenvalue weighted by Crippen LogP contribution is 2.28. The van der Waals surface area contributed by atoms with Crippen molar-refractivity contribution in [3.05, 3.63) is 153 Å². The zero-order valence-electron chi connectivity index (χ0n) is 54.5. The number of nitrogens with one attached hydrogen (secondary N) is 9. The Kier molecular flexibility index (Phi) is 28.2. The van der Waals surface area contributed by atoms with Gasteiger partial charge in [0.15, 0.2) is 29.9 Å². The van der Waals surface area contributed by atoms with Gasteiger partial charge in [-0.05, 0) is 128 Å². The van der Waals surface area contributed by atoms with Gasteiger partial charge in [-0.2, -0.15) is 0 Å². The van der Waals surface area contributed by atoms with Crippen LogP contribution in [0.25, 0.3) is 10.9 Å². The predicted octanol–water partition coefficient (Wildman–Crippen LogP) is 2.51. The van der Waals surface area contributed by atoms with E-state index in [1.807, 2.05) is 24.3 Å². The summed E-state index contributed by atoms with van der Waals surface area (Å²) in [5, 5.41) is 36.4. The number of Topliss-reactive ketones (excluding diaryl/α,β-unsaturated/α-hetero) is 4. The molecule has 520 valence electrons. The van der Waals surface area contributed by atoms with Crippen molar-refractivity contribution in [2.24, 2.45) is 22.9 Å². The van der Waals surface area contributed by atoms with E-state index in [0.717, 1.165) is 10.9 Å². The van der Waals surface area contributed by atoms with Crippen LogP contribution in [0.1, 0.15) is 115 Å². The molecule has 1 heterocycles. The summed E-state index contributed by atoms with van der Waals surface area (Å²) in [4.78, 5) is 163. The van der Waals surface area contributed by atoms with E-state index in [4.69, 9.17) is 47.3 Å². The third-order valence-corrected chi connectivity index (χ3v) is 15.5. The molecule has 30 heteroatoms. The van der Waals surface area contributed by atoms with Crippen LogP contribution >= 0.6 is 0 Å². The molecule has 0 fully saturated rings. The molecule has 0 aliphatic carbocycles. The number of fused-ring (bicyclic) bond motifs is 1. The van der Waals surface area contributed by atoms with Crippen molar-refractivity contribution in [2.45, 2.75) is 102 Å². The standard InChI is InChI=1S/C68H81N13O17/c1-37(82)26-38-15-19-56(95-2)44(27-38)62(89)78-49(12-7-23-74-66(70)71)53(83)31-39-16-20-57(96-3)45(28-39)63(90)79-50(13-8-24-75-67(72)93)55(85)33-41-18-22-59(98-36-60(86)87)47(30-41)65(92)80-51(14-9-25-76-68(73)94)54(84)32-40-17-21-58(97-4)46(29-40)64(91)81-52(61(69)88)34-42-35-77-48-11-6-5-10-43(42)48/h5-6,10-11,15-22,27-30,35,49-52,77H,7-9,12-14,23-26,31-34,36H2,1-4H3,(H2,69,88)(H,78,89)(H,79,90)(H,80,92)(H,81,91)(H,86,87)(H4,70,71,74)(H3,72,75,93)(H3,73,76,94)/t49-,50-,51-,52-/m1/s1. The van der Waals surface area contributed by atoms with Gasteiger partial charge in [-0.25, -0.2) is 14.4 Å². The summed E-state index contributed by atoms with van der Waals surface area (Å²) >= 11 is 0. The molecule has 4 atom stereocenters. The number of H-pyrrole nitrogens is 1. The Morgan fingerprint density at radius 2 is 0.857 bits per heavy atom. The summed E-state index contributed by atoms with van der Waals surface area (Å²) in [6.45, 7) is 0.618. The van der Waals surface area contributed by atoms with Gasteiger partial charge >= 0.3 is 18.0 Å². The molecule has 98 heavy (non-hydrogen) atoms. The predicted molar refractivity (Wildman–Crippen MR) is 358 cm³/mol. The molecule has 6 rings (SSSR count). The number of carboxylic acids is 1. The molecule has 0 aliphatic rings. The first-order valence-corrected chi connectivity index (χ1v) is 31.1. The number of nitrogens with two attached hydrogens (primary N) is 4. The molecule has 0 saturated heterocycles. The number of aromatic nitrogens is 1. The number of benzene rings is 5. The Balaban J connectivity index is 1.24. The highest BCUT2D eigenvalue weighted by Gasteiger charge is 2.30. The average molecular weight is 1350 g/mol. The van der Waals surface area contributed by atoms with E-state index in [9.17, 15) is 62.6 Å². The third-order valence-electron chi connectivity index (χ3n) is 15.5. The SMILES string of the molecule is COc1ccc(CC(=O)[C@@H](CCCNC(N)=O)NC(=O)c2cc(CC(=O)[C@@H](CCCNC(N)=O)NC(=O)c3cc(CC(=O)[C@@H](CCCNC(=N)N)NC(=O)c4cc(CC(C)=O)ccc4OC)ccc3OC)ccc2OCC(=O)O)cc1C(=O)N[C@H](Cc1c[nH]c2ccccc12)C(N)=O. The Labute approximate surface area is 563 Å². The van der Waals surface area contributed by atoms with Gasteiger partial charge in [0.2, 0.25) is 5.91 Å². The van der Waals surface area contributed by atoms with Crippen LogP contribution < -0.4 is 79.1 Å². The number of ketones is 4. The first-order chi connectivity index (χ1) is 46.8. The van der Waals surface area contributed by atoms with Crippen LogP contribution in [0.3, 0.4) is 0 Å². The summed E-state index contributed by atoms with van der Waals surface area (Å²) in [6.07, 6.45) is 0.915. The van der Waals surface area contributed by atoms with E-state index in [1.165, 1.54) is 95.0 Å². The highest BCUT2D eigenvalue weighted by molar-refractivity contribution is 6.04. The molecular weight excluding hydrogens is 1270 g/mol. The first-order valence-electron chi connectivity index (χ1n) is 31.1. The van der Waals surface area contributed by atoms with Gasteiger partial charge in [0.05, 0.1) is 61.7 Å². The van der Waals surface area contributed by atoms with E-state index in [2.05, 4.69) is 42.2 Å². The first kappa shape index (κ1) is 75.2. The van der Waals surface area contributed by atoms with Crippen LogP contribution in [-0.2, 0) is 60.9 Å². The number of primary amides is 3. The zero-order valence-corrected chi connectivity index (χ0v) is 54.5. The fourth-order valence-corrected chi connectivity index (χ4v) is 10.7. The Hall–Kier alpha value is -11.9. The number of aliphatic carboxylic acids is 1. The second-order valence-corrected chi connectivity index (χ2v) is 22.8. The minimum Gasteiger partial charge on any atom is -0.496 e. The monoisotopic (exact) mass is 1350 g/mol. The molecule has 0 aliphatic heterocycles. The Morgan fingerprint density at radius 3 is 1.22 bits per heavy atom. The molecule has 0 bridgehead atoms. The van der Waals surface area contributed by atoms with Gasteiger partial charge in [-0.1, -0.05) is 42.5 Å². The van der Waals surface area contributed by atoms with Crippen LogP contribution in [0.15, 0.2) is 103 Å². The number of amides is 9. The second kappa shape index (κ2) is 36.7. The van der Waals surface area contributed by atoms with Crippen LogP contribution in [-0.4, -0.2) is 158 Å². The molecule has 0 spiro atoms. The lowest BCUT2D eigenvalue weighted by Gasteiger charge is -2.21. The number of carbonyl (C=O) groups excluding carboxylic acids is 11. The summed E-state index contributed by atoms with van der Waals surface area (Å²) in [5.41, 5.74) is 24.2. The van der Waals surface area contributed by atoms with Gasteiger partial charge in [0, 0.05) is 68.8 Å². The number of aromatic amines is 1. The number of urea groups is 2. The number of rotatable bonds is 40. The molecule has 30 nitrogen and oxygen atoms in total. The minimum atomic E-state index is -1.41. The molecule has 0 unspecified atom stereocenters. The van der Waals surface area contributed by atoms with E-state index in [-0.39, 0.29) is 146 Å². The Morgan fingerprint density at radius 1 is 0.490 bits per heavy atom. The van der Waals surface area contributed by atoms with Crippen molar-refractivity contribution < 1.29 is 81.6 Å². The Bertz CT molecular complexity index is 3960. The van der Waals surface area contributed by atoms with Crippen molar-refractivity contribution >= 4 is 87.6 Å². The third kappa shape index (κ3) is 22.7. The van der Waals surface area contributed by atoms with Crippen LogP contribution in [0.5, 0.6) is 23.0 Å². The van der Waals surface area contributed by atoms with E-state index < -0.39 is 109 Å². The van der Waals surface area contributed by atoms with Crippen LogP contribution in [0.4, 0.5) is 9.59 Å². The molecule has 18 N–H and O–H groups in total. The smallest absolute Gasteiger partial charge is 0.341 e. The van der Waals surface area contributed by atoms with Crippen molar-refractivity contribution in [1.82, 2.24) is 42.2 Å². The molecule has 5 aromatic carbocycles. The normalized spacial score (nSPS) is 12.0. The maximum absolute atomic E-state index is 14.6. The highest BCUT2D eigenvalue weighted by atomic mass is 16.5. The van der Waals surface area contributed by atoms with Gasteiger partial charge < -0.3 is 89.2 Å². The van der Waals surface area contributed by atoms with Crippen LogP contribution in [0, 0.1) is 5.41 Å². The molecule has 0 saturated carbocycles. The fourth-order valence-electron chi connectivity index (χ4n) is 10.7.